The second-order valence-corrected chi connectivity index (χ2v) is 7.13. The van der Waals surface area contributed by atoms with E-state index in [1.54, 1.807) is 0 Å². The fraction of sp³-hybridized carbons (Fsp3) is 0.474. The van der Waals surface area contributed by atoms with Crippen molar-refractivity contribution in [2.75, 3.05) is 25.0 Å². The summed E-state index contributed by atoms with van der Waals surface area (Å²) in [5, 5.41) is 8.92. The number of hydrogen-bond acceptors (Lipinski definition) is 5. The van der Waals surface area contributed by atoms with E-state index in [9.17, 15) is 4.79 Å². The molecule has 0 aliphatic carbocycles. The Balaban J connectivity index is 1.51. The minimum atomic E-state index is 0.0612. The molecular weight excluding hydrogens is 334 g/mol. The van der Waals surface area contributed by atoms with E-state index in [0.29, 0.717) is 24.1 Å². The van der Waals surface area contributed by atoms with Crippen LogP contribution in [0.5, 0.6) is 5.75 Å². The van der Waals surface area contributed by atoms with Gasteiger partial charge in [0.1, 0.15) is 5.75 Å². The quantitative estimate of drug-likeness (QED) is 0.786. The molecule has 0 radical (unpaired) electrons. The second-order valence-electron chi connectivity index (χ2n) is 6.28. The Morgan fingerprint density at radius 3 is 2.80 bits per heavy atom. The van der Waals surface area contributed by atoms with Gasteiger partial charge in [-0.25, -0.2) is 4.98 Å². The summed E-state index contributed by atoms with van der Waals surface area (Å²) in [5.41, 5.74) is 1.90. The van der Waals surface area contributed by atoms with Crippen molar-refractivity contribution < 1.29 is 9.53 Å². The van der Waals surface area contributed by atoms with Crippen LogP contribution in [-0.4, -0.2) is 30.6 Å². The van der Waals surface area contributed by atoms with Crippen molar-refractivity contribution in [3.8, 4) is 17.0 Å². The predicted molar refractivity (Wildman–Crippen MR) is 102 cm³/mol. The van der Waals surface area contributed by atoms with Crippen LogP contribution in [0, 0.1) is 5.92 Å². The normalized spacial score (nSPS) is 15.1. The van der Waals surface area contributed by atoms with Crippen molar-refractivity contribution >= 4 is 22.4 Å². The lowest BCUT2D eigenvalue weighted by molar-refractivity contribution is -0.116. The minimum Gasteiger partial charge on any atom is -0.494 e. The summed E-state index contributed by atoms with van der Waals surface area (Å²) in [6.45, 7) is 4.77. The van der Waals surface area contributed by atoms with E-state index in [2.05, 4.69) is 15.6 Å². The van der Waals surface area contributed by atoms with Crippen LogP contribution < -0.4 is 15.4 Å². The number of hydrogen-bond donors (Lipinski definition) is 2. The zero-order valence-electron chi connectivity index (χ0n) is 14.6. The van der Waals surface area contributed by atoms with Gasteiger partial charge in [-0.15, -0.1) is 11.3 Å². The van der Waals surface area contributed by atoms with Crippen LogP contribution >= 0.6 is 11.3 Å². The number of thiazole rings is 1. The molecule has 1 aliphatic heterocycles. The molecule has 0 bridgehead atoms. The molecule has 3 rings (SSSR count). The summed E-state index contributed by atoms with van der Waals surface area (Å²) in [5.74, 6) is 1.58. The lowest BCUT2D eigenvalue weighted by atomic mass is 9.93. The maximum Gasteiger partial charge on any atom is 0.226 e. The number of rotatable bonds is 7. The lowest BCUT2D eigenvalue weighted by Crippen LogP contribution is -2.28. The highest BCUT2D eigenvalue weighted by molar-refractivity contribution is 7.14. The highest BCUT2D eigenvalue weighted by Gasteiger charge is 2.15. The van der Waals surface area contributed by atoms with E-state index in [1.165, 1.54) is 24.2 Å². The van der Waals surface area contributed by atoms with Gasteiger partial charge in [-0.2, -0.15) is 0 Å². The molecule has 1 amide bonds. The summed E-state index contributed by atoms with van der Waals surface area (Å²) >= 11 is 1.46. The number of benzene rings is 1. The van der Waals surface area contributed by atoms with Crippen molar-refractivity contribution in [1.29, 1.82) is 0 Å². The monoisotopic (exact) mass is 359 g/mol. The lowest BCUT2D eigenvalue weighted by Gasteiger charge is -2.21. The van der Waals surface area contributed by atoms with Gasteiger partial charge < -0.3 is 15.4 Å². The number of carbonyl (C=O) groups is 1. The molecule has 1 aromatic carbocycles. The molecule has 2 aromatic rings. The van der Waals surface area contributed by atoms with Gasteiger partial charge in [0, 0.05) is 17.4 Å². The number of nitrogens with one attached hydrogen (secondary N) is 2. The largest absolute Gasteiger partial charge is 0.494 e. The van der Waals surface area contributed by atoms with Crippen LogP contribution in [0.2, 0.25) is 0 Å². The van der Waals surface area contributed by atoms with Crippen LogP contribution in [0.1, 0.15) is 32.6 Å². The van der Waals surface area contributed by atoms with Crippen LogP contribution in [0.15, 0.2) is 29.6 Å². The Morgan fingerprint density at radius 2 is 2.08 bits per heavy atom. The smallest absolute Gasteiger partial charge is 0.226 e. The zero-order valence-corrected chi connectivity index (χ0v) is 15.4. The van der Waals surface area contributed by atoms with E-state index in [4.69, 9.17) is 4.74 Å². The fourth-order valence-electron chi connectivity index (χ4n) is 3.04. The summed E-state index contributed by atoms with van der Waals surface area (Å²) in [6.07, 6.45) is 3.88. The van der Waals surface area contributed by atoms with Crippen LogP contribution in [-0.2, 0) is 4.79 Å². The topological polar surface area (TPSA) is 63.2 Å². The third-order valence-electron chi connectivity index (χ3n) is 4.45. The highest BCUT2D eigenvalue weighted by Crippen LogP contribution is 2.27. The highest BCUT2D eigenvalue weighted by atomic mass is 32.1. The fourth-order valence-corrected chi connectivity index (χ4v) is 3.78. The van der Waals surface area contributed by atoms with Gasteiger partial charge in [0.2, 0.25) is 5.91 Å². The van der Waals surface area contributed by atoms with Gasteiger partial charge in [-0.1, -0.05) is 0 Å². The molecular formula is C19H25N3O2S. The van der Waals surface area contributed by atoms with Gasteiger partial charge in [0.05, 0.1) is 12.3 Å². The predicted octanol–water partition coefficient (Wildman–Crippen LogP) is 3.93. The number of amides is 1. The summed E-state index contributed by atoms with van der Waals surface area (Å²) in [7, 11) is 0. The number of aromatic nitrogens is 1. The van der Waals surface area contributed by atoms with Crippen molar-refractivity contribution in [1.82, 2.24) is 10.3 Å². The first-order valence-corrected chi connectivity index (χ1v) is 9.82. The molecule has 25 heavy (non-hydrogen) atoms. The van der Waals surface area contributed by atoms with Crippen molar-refractivity contribution in [2.45, 2.75) is 32.6 Å². The second kappa shape index (κ2) is 8.97. The molecule has 0 atom stereocenters. The van der Waals surface area contributed by atoms with E-state index >= 15 is 0 Å². The first-order chi connectivity index (χ1) is 12.2. The van der Waals surface area contributed by atoms with Crippen molar-refractivity contribution in [2.24, 2.45) is 5.92 Å². The van der Waals surface area contributed by atoms with Gasteiger partial charge in [-0.05, 0) is 69.5 Å². The molecule has 0 spiro atoms. The number of carbonyl (C=O) groups excluding carboxylic acids is 1. The molecule has 1 fully saturated rings. The van der Waals surface area contributed by atoms with Crippen LogP contribution in [0.3, 0.4) is 0 Å². The Labute approximate surface area is 152 Å². The van der Waals surface area contributed by atoms with Crippen molar-refractivity contribution in [3.05, 3.63) is 29.6 Å². The molecule has 1 aromatic heterocycles. The van der Waals surface area contributed by atoms with E-state index < -0.39 is 0 Å². The summed E-state index contributed by atoms with van der Waals surface area (Å²) < 4.78 is 5.45. The van der Waals surface area contributed by atoms with E-state index in [1.807, 2.05) is 36.6 Å². The van der Waals surface area contributed by atoms with E-state index in [0.717, 1.165) is 36.5 Å². The molecule has 0 saturated carbocycles. The van der Waals surface area contributed by atoms with Gasteiger partial charge in [0.25, 0.3) is 0 Å². The molecule has 2 N–H and O–H groups in total. The number of nitrogens with zero attached hydrogens (tertiary/aromatic N) is 1. The maximum absolute atomic E-state index is 12.1. The summed E-state index contributed by atoms with van der Waals surface area (Å²) in [6, 6.07) is 7.86. The molecule has 2 heterocycles. The van der Waals surface area contributed by atoms with Crippen LogP contribution in [0.4, 0.5) is 5.13 Å². The Morgan fingerprint density at radius 1 is 1.32 bits per heavy atom. The van der Waals surface area contributed by atoms with Gasteiger partial charge in [0.15, 0.2) is 5.13 Å². The average Bonchev–Trinajstić information content (AvgIpc) is 3.10. The number of ether oxygens (including phenoxy) is 1. The number of anilines is 1. The zero-order chi connectivity index (χ0) is 17.5. The molecule has 1 saturated heterocycles. The van der Waals surface area contributed by atoms with Gasteiger partial charge >= 0.3 is 0 Å². The third kappa shape index (κ3) is 5.28. The summed E-state index contributed by atoms with van der Waals surface area (Å²) in [4.78, 5) is 16.7. The van der Waals surface area contributed by atoms with Crippen molar-refractivity contribution in [3.63, 3.8) is 0 Å². The molecule has 6 heteroatoms. The number of piperidine rings is 1. The molecule has 1 aliphatic rings. The van der Waals surface area contributed by atoms with E-state index in [-0.39, 0.29) is 5.91 Å². The Hall–Kier alpha value is -1.92. The SMILES string of the molecule is CCOc1ccc(-c2csc(NC(=O)CCC3CCNCC3)n2)cc1. The van der Waals surface area contributed by atoms with Gasteiger partial charge in [-0.3, -0.25) is 4.79 Å². The first kappa shape index (κ1) is 17.9. The molecule has 0 unspecified atom stereocenters. The Bertz CT molecular complexity index is 678. The third-order valence-corrected chi connectivity index (χ3v) is 5.21. The van der Waals surface area contributed by atoms with Crippen LogP contribution in [0.25, 0.3) is 11.3 Å². The standard InChI is InChI=1S/C19H25N3O2S/c1-2-24-16-6-4-15(5-7-16)17-13-25-19(21-17)22-18(23)8-3-14-9-11-20-12-10-14/h4-7,13-14,20H,2-3,8-12H2,1H3,(H,21,22,23). The molecule has 134 valence electrons. The molecule has 5 nitrogen and oxygen atoms in total. The maximum atomic E-state index is 12.1. The minimum absolute atomic E-state index is 0.0612. The first-order valence-electron chi connectivity index (χ1n) is 8.94. The average molecular weight is 359 g/mol. The Kier molecular flexibility index (Phi) is 6.42.